The first-order valence-corrected chi connectivity index (χ1v) is 14.9. The van der Waals surface area contributed by atoms with Gasteiger partial charge in [0.2, 0.25) is 5.91 Å². The summed E-state index contributed by atoms with van der Waals surface area (Å²) in [5.74, 6) is -0.756. The number of nitrogens with zero attached hydrogens (tertiary/aromatic N) is 3. The van der Waals surface area contributed by atoms with Crippen molar-refractivity contribution in [1.82, 2.24) is 25.4 Å². The molecule has 3 N–H and O–H groups in total. The molecule has 1 aliphatic heterocycles. The first-order valence-electron chi connectivity index (χ1n) is 14.9. The number of ether oxygens (including phenoxy) is 1. The maximum Gasteiger partial charge on any atom is 0.251 e. The average Bonchev–Trinajstić information content (AvgIpc) is 3.47. The molecule has 2 amide bonds. The van der Waals surface area contributed by atoms with E-state index in [2.05, 4.69) is 25.8 Å². The van der Waals surface area contributed by atoms with E-state index in [-0.39, 0.29) is 36.6 Å². The number of rotatable bonds is 8. The second-order valence-corrected chi connectivity index (χ2v) is 11.4. The largest absolute Gasteiger partial charge is 0.497 e. The van der Waals surface area contributed by atoms with Crippen LogP contribution in [0.3, 0.4) is 0 Å². The van der Waals surface area contributed by atoms with Crippen LogP contribution in [0.2, 0.25) is 0 Å². The molecule has 2 aliphatic rings. The number of hydrogen-bond donors (Lipinski definition) is 3. The molecule has 45 heavy (non-hydrogen) atoms. The summed E-state index contributed by atoms with van der Waals surface area (Å²) in [6.07, 6.45) is 5.33. The van der Waals surface area contributed by atoms with Gasteiger partial charge in [-0.15, -0.1) is 0 Å². The van der Waals surface area contributed by atoms with Gasteiger partial charge in [0.15, 0.2) is 0 Å². The third-order valence-corrected chi connectivity index (χ3v) is 8.33. The van der Waals surface area contributed by atoms with E-state index in [0.29, 0.717) is 48.4 Å². The lowest BCUT2D eigenvalue weighted by molar-refractivity contribution is -0.122. The van der Waals surface area contributed by atoms with Gasteiger partial charge in [0.25, 0.3) is 5.91 Å². The zero-order valence-corrected chi connectivity index (χ0v) is 25.1. The van der Waals surface area contributed by atoms with Crippen LogP contribution in [-0.4, -0.2) is 64.2 Å². The van der Waals surface area contributed by atoms with Gasteiger partial charge >= 0.3 is 0 Å². The number of anilines is 1. The monoisotopic (exact) mass is 612 g/mol. The van der Waals surface area contributed by atoms with E-state index in [1.54, 1.807) is 12.3 Å². The highest BCUT2D eigenvalue weighted by atomic mass is 19.1. The van der Waals surface area contributed by atoms with Gasteiger partial charge in [0.05, 0.1) is 18.7 Å². The number of halogens is 2. The topological polar surface area (TPSA) is 112 Å². The zero-order chi connectivity index (χ0) is 31.5. The van der Waals surface area contributed by atoms with E-state index in [1.807, 2.05) is 42.2 Å². The fourth-order valence-corrected chi connectivity index (χ4v) is 6.04. The third kappa shape index (κ3) is 6.63. The lowest BCUT2D eigenvalue weighted by atomic mass is 9.94. The number of fused-ring (bicyclic) bond motifs is 1. The van der Waals surface area contributed by atoms with Crippen molar-refractivity contribution in [2.45, 2.75) is 44.7 Å². The van der Waals surface area contributed by atoms with Crippen LogP contribution in [0.25, 0.3) is 22.2 Å². The van der Waals surface area contributed by atoms with Crippen molar-refractivity contribution in [3.63, 3.8) is 0 Å². The van der Waals surface area contributed by atoms with Gasteiger partial charge in [-0.05, 0) is 86.9 Å². The molecule has 0 radical (unpaired) electrons. The smallest absolute Gasteiger partial charge is 0.251 e. The number of aromatic amines is 1. The molecular formula is C34H34F2N6O3. The predicted octanol–water partition coefficient (Wildman–Crippen LogP) is 5.82. The maximum atomic E-state index is 15.1. The van der Waals surface area contributed by atoms with Gasteiger partial charge < -0.3 is 15.4 Å². The van der Waals surface area contributed by atoms with Gasteiger partial charge in [-0.3, -0.25) is 24.6 Å². The Morgan fingerprint density at radius 1 is 1.09 bits per heavy atom. The highest BCUT2D eigenvalue weighted by Gasteiger charge is 2.35. The summed E-state index contributed by atoms with van der Waals surface area (Å²) < 4.78 is 34.0. The van der Waals surface area contributed by atoms with E-state index in [4.69, 9.17) is 4.74 Å². The van der Waals surface area contributed by atoms with E-state index < -0.39 is 11.9 Å². The molecule has 1 saturated heterocycles. The Labute approximate surface area is 259 Å². The highest BCUT2D eigenvalue weighted by molar-refractivity contribution is 6.01. The lowest BCUT2D eigenvalue weighted by Crippen LogP contribution is -2.56. The van der Waals surface area contributed by atoms with Gasteiger partial charge in [0, 0.05) is 65.2 Å². The van der Waals surface area contributed by atoms with Crippen molar-refractivity contribution in [2.75, 3.05) is 25.5 Å². The van der Waals surface area contributed by atoms with Gasteiger partial charge in [-0.1, -0.05) is 0 Å². The van der Waals surface area contributed by atoms with Gasteiger partial charge in [-0.25, -0.2) is 8.78 Å². The number of pyridine rings is 1. The number of hydrogen-bond acceptors (Lipinski definition) is 6. The van der Waals surface area contributed by atoms with Crippen LogP contribution in [0, 0.1) is 12.7 Å². The summed E-state index contributed by atoms with van der Waals surface area (Å²) in [4.78, 5) is 33.1. The van der Waals surface area contributed by atoms with Crippen molar-refractivity contribution in [1.29, 1.82) is 0 Å². The molecule has 9 nitrogen and oxygen atoms in total. The molecule has 3 heterocycles. The quantitative estimate of drug-likeness (QED) is 0.231. The third-order valence-electron chi connectivity index (χ3n) is 8.33. The Kier molecular flexibility index (Phi) is 8.70. The molecule has 0 saturated carbocycles. The molecule has 1 fully saturated rings. The molecule has 11 heteroatoms. The number of allylic oxidation sites excluding steroid dienone is 2. The van der Waals surface area contributed by atoms with Crippen molar-refractivity contribution < 1.29 is 23.1 Å². The molecule has 2 atom stereocenters. The molecule has 0 spiro atoms. The minimum absolute atomic E-state index is 0.134. The van der Waals surface area contributed by atoms with Gasteiger partial charge in [0.1, 0.15) is 23.1 Å². The number of aryl methyl sites for hydroxylation is 1. The number of benzene rings is 2. The summed E-state index contributed by atoms with van der Waals surface area (Å²) in [7, 11) is 1.50. The van der Waals surface area contributed by atoms with Crippen LogP contribution in [0.15, 0.2) is 84.0 Å². The Hall–Kier alpha value is -4.90. The van der Waals surface area contributed by atoms with E-state index in [9.17, 15) is 14.0 Å². The molecule has 4 aromatic rings. The molecule has 6 rings (SSSR count). The number of H-pyrrole nitrogens is 1. The molecule has 232 valence electrons. The van der Waals surface area contributed by atoms with Crippen molar-refractivity contribution in [3.05, 3.63) is 101 Å². The second-order valence-electron chi connectivity index (χ2n) is 11.4. The van der Waals surface area contributed by atoms with Crippen molar-refractivity contribution in [3.8, 4) is 11.3 Å². The fraction of sp³-hybridized carbons (Fsp3) is 0.294. The second kappa shape index (κ2) is 13.0. The number of piperidine rings is 1. The summed E-state index contributed by atoms with van der Waals surface area (Å²) in [6, 6.07) is 13.9. The van der Waals surface area contributed by atoms with Crippen molar-refractivity contribution in [2.24, 2.45) is 0 Å². The number of carbonyl (C=O) groups is 2. The molecule has 0 bridgehead atoms. The molecular weight excluding hydrogens is 578 g/mol. The molecule has 1 aliphatic carbocycles. The normalized spacial score (nSPS) is 18.9. The number of likely N-dealkylation sites (tertiary alicyclic amines) is 1. The summed E-state index contributed by atoms with van der Waals surface area (Å²) in [5, 5.41) is 14.3. The molecule has 0 unspecified atom stereocenters. The first-order chi connectivity index (χ1) is 21.8. The van der Waals surface area contributed by atoms with Gasteiger partial charge in [-0.2, -0.15) is 5.10 Å². The van der Waals surface area contributed by atoms with Crippen LogP contribution in [0.5, 0.6) is 0 Å². The maximum absolute atomic E-state index is 15.1. The van der Waals surface area contributed by atoms with Crippen LogP contribution in [0.1, 0.15) is 41.7 Å². The number of aromatic nitrogens is 3. The minimum Gasteiger partial charge on any atom is -0.497 e. The predicted molar refractivity (Wildman–Crippen MR) is 167 cm³/mol. The number of amides is 2. The molecule has 2 aromatic heterocycles. The number of methoxy groups -OCH3 is 1. The number of nitrogens with one attached hydrogen (secondary N) is 3. The fourth-order valence-electron chi connectivity index (χ4n) is 6.04. The Morgan fingerprint density at radius 2 is 1.91 bits per heavy atom. The Balaban J connectivity index is 1.21. The Morgan fingerprint density at radius 3 is 2.69 bits per heavy atom. The van der Waals surface area contributed by atoms with Crippen LogP contribution >= 0.6 is 0 Å². The van der Waals surface area contributed by atoms with Crippen LogP contribution < -0.4 is 10.6 Å². The average molecular weight is 613 g/mol. The SMILES string of the molecule is COC1=CCCC(F)=C1CN1C[C@H](NC(=O)c2ccc3[nH]nc(-c4ccnc(C)c4)c3c2)CC[C@H]1C(=O)Nc1ccc(F)cc1. The minimum atomic E-state index is -0.600. The van der Waals surface area contributed by atoms with Crippen LogP contribution in [0.4, 0.5) is 14.5 Å². The van der Waals surface area contributed by atoms with Crippen LogP contribution in [-0.2, 0) is 9.53 Å². The Bertz CT molecular complexity index is 1800. The highest BCUT2D eigenvalue weighted by Crippen LogP contribution is 2.31. The summed E-state index contributed by atoms with van der Waals surface area (Å²) in [6.45, 7) is 2.36. The van der Waals surface area contributed by atoms with E-state index in [1.165, 1.54) is 31.4 Å². The molecule has 2 aromatic carbocycles. The van der Waals surface area contributed by atoms with E-state index >= 15 is 4.39 Å². The first kappa shape index (κ1) is 30.1. The lowest BCUT2D eigenvalue weighted by Gasteiger charge is -2.39. The zero-order valence-electron chi connectivity index (χ0n) is 25.1. The summed E-state index contributed by atoms with van der Waals surface area (Å²) in [5.41, 5.74) is 4.64. The standard InChI is InChI=1S/C34H34F2N6O3/c1-20-16-21(14-15-37-20)32-26-17-22(6-12-29(26)40-41-32)33(43)39-25-11-13-30(34(44)38-24-9-7-23(35)8-10-24)42(18-25)19-27-28(36)4-3-5-31(27)45-2/h5-10,12,14-17,25,30H,3-4,11,13,18-19H2,1-2H3,(H,38,44)(H,39,43)(H,40,41)/t25-,30+/m1/s1. The van der Waals surface area contributed by atoms with E-state index in [0.717, 1.165) is 27.9 Å². The van der Waals surface area contributed by atoms with Crippen molar-refractivity contribution >= 4 is 28.4 Å². The number of carbonyl (C=O) groups excluding carboxylic acids is 2. The summed E-state index contributed by atoms with van der Waals surface area (Å²) >= 11 is 0.